The zero-order valence-corrected chi connectivity index (χ0v) is 15.3. The molecule has 28 heavy (non-hydrogen) atoms. The van der Waals surface area contributed by atoms with Crippen LogP contribution >= 0.6 is 0 Å². The summed E-state index contributed by atoms with van der Waals surface area (Å²) in [5.74, 6) is 0. The zero-order chi connectivity index (χ0) is 19.0. The number of para-hydroxylation sites is 1. The van der Waals surface area contributed by atoms with E-state index in [1.54, 1.807) is 0 Å². The van der Waals surface area contributed by atoms with Gasteiger partial charge in [-0.15, -0.1) is 0 Å². The highest BCUT2D eigenvalue weighted by Crippen LogP contribution is 2.25. The first-order valence-corrected chi connectivity index (χ1v) is 9.11. The summed E-state index contributed by atoms with van der Waals surface area (Å²) >= 11 is 0. The molecule has 0 spiro atoms. The third-order valence-corrected chi connectivity index (χ3v) is 4.25. The van der Waals surface area contributed by atoms with E-state index >= 15 is 0 Å². The van der Waals surface area contributed by atoms with Gasteiger partial charge < -0.3 is 10.9 Å². The highest BCUT2D eigenvalue weighted by Gasteiger charge is 1.99. The van der Waals surface area contributed by atoms with E-state index < -0.39 is 0 Å². The van der Waals surface area contributed by atoms with Crippen molar-refractivity contribution in [2.24, 2.45) is 10.2 Å². The predicted molar refractivity (Wildman–Crippen MR) is 116 cm³/mol. The van der Waals surface area contributed by atoms with Crippen LogP contribution in [0.15, 0.2) is 119 Å². The van der Waals surface area contributed by atoms with Crippen molar-refractivity contribution in [2.75, 3.05) is 10.9 Å². The minimum absolute atomic E-state index is 0.831. The van der Waals surface area contributed by atoms with E-state index in [1.165, 1.54) is 0 Å². The normalized spacial score (nSPS) is 10.7. The van der Waals surface area contributed by atoms with Gasteiger partial charge in [0.1, 0.15) is 0 Å². The Balaban J connectivity index is 1.39. The lowest BCUT2D eigenvalue weighted by Gasteiger charge is -2.10. The molecule has 0 atom stereocenters. The Kier molecular flexibility index (Phi) is 5.40. The first-order valence-electron chi connectivity index (χ1n) is 9.11. The van der Waals surface area contributed by atoms with Crippen molar-refractivity contribution in [3.63, 3.8) is 0 Å². The molecule has 0 heterocycles. The van der Waals surface area contributed by atoms with Gasteiger partial charge in [-0.25, -0.2) is 0 Å². The highest BCUT2D eigenvalue weighted by molar-refractivity contribution is 5.68. The fourth-order valence-electron chi connectivity index (χ4n) is 2.74. The highest BCUT2D eigenvalue weighted by atomic mass is 15.4. The Morgan fingerprint density at radius 3 is 1.39 bits per heavy atom. The first kappa shape index (κ1) is 17.5. The number of benzene rings is 4. The van der Waals surface area contributed by atoms with Crippen molar-refractivity contribution in [2.45, 2.75) is 0 Å². The molecule has 0 aliphatic rings. The Morgan fingerprint density at radius 2 is 0.821 bits per heavy atom. The van der Waals surface area contributed by atoms with Crippen LogP contribution in [0.2, 0.25) is 0 Å². The average molecular weight is 364 g/mol. The molecule has 0 aromatic heterocycles. The minimum Gasteiger partial charge on any atom is -0.301 e. The molecule has 4 aromatic rings. The van der Waals surface area contributed by atoms with Crippen molar-refractivity contribution in [3.8, 4) is 11.1 Å². The Morgan fingerprint density at radius 1 is 0.393 bits per heavy atom. The number of anilines is 2. The summed E-state index contributed by atoms with van der Waals surface area (Å²) in [4.78, 5) is 0. The van der Waals surface area contributed by atoms with E-state index in [9.17, 15) is 0 Å². The largest absolute Gasteiger partial charge is 0.301 e. The van der Waals surface area contributed by atoms with E-state index in [1.807, 2.05) is 84.9 Å². The maximum atomic E-state index is 4.29. The summed E-state index contributed by atoms with van der Waals surface area (Å²) in [6.07, 6.45) is 0. The van der Waals surface area contributed by atoms with Gasteiger partial charge in [0.2, 0.25) is 0 Å². The molecular weight excluding hydrogens is 344 g/mol. The van der Waals surface area contributed by atoms with Crippen LogP contribution in [0.1, 0.15) is 0 Å². The summed E-state index contributed by atoms with van der Waals surface area (Å²) in [6.45, 7) is 0. The molecule has 0 radical (unpaired) electrons. The summed E-state index contributed by atoms with van der Waals surface area (Å²) in [5.41, 5.74) is 12.4. The fourth-order valence-corrected chi connectivity index (χ4v) is 2.74. The Bertz CT molecular complexity index is 1030. The molecule has 0 aliphatic heterocycles. The van der Waals surface area contributed by atoms with Crippen LogP contribution in [0.5, 0.6) is 0 Å². The van der Waals surface area contributed by atoms with Gasteiger partial charge in [-0.3, -0.25) is 0 Å². The number of rotatable bonds is 6. The lowest BCUT2D eigenvalue weighted by Crippen LogP contribution is -2.07. The lowest BCUT2D eigenvalue weighted by molar-refractivity contribution is 1.23. The maximum absolute atomic E-state index is 4.29. The van der Waals surface area contributed by atoms with Gasteiger partial charge in [-0.2, -0.15) is 10.2 Å². The molecule has 0 saturated heterocycles. The molecular formula is C24H20N4. The topological polar surface area (TPSA) is 48.8 Å². The molecule has 0 aliphatic carbocycles. The number of hydrazine groups is 1. The van der Waals surface area contributed by atoms with Crippen LogP contribution < -0.4 is 10.9 Å². The number of azo groups is 1. The number of hydrogen-bond acceptors (Lipinski definition) is 4. The fraction of sp³-hybridized carbons (Fsp3) is 0. The molecule has 0 saturated carbocycles. The van der Waals surface area contributed by atoms with Gasteiger partial charge in [0.05, 0.1) is 22.7 Å². The number of hydrogen-bond donors (Lipinski definition) is 2. The summed E-state index contributed by atoms with van der Waals surface area (Å²) in [7, 11) is 0. The van der Waals surface area contributed by atoms with E-state index in [0.29, 0.717) is 0 Å². The number of nitrogens with one attached hydrogen (secondary N) is 2. The second kappa shape index (κ2) is 8.64. The summed E-state index contributed by atoms with van der Waals surface area (Å²) in [6, 6.07) is 36.1. The quantitative estimate of drug-likeness (QED) is 0.280. The Hall–Kier alpha value is -3.92. The smallest absolute Gasteiger partial charge is 0.0857 e. The third-order valence-electron chi connectivity index (χ3n) is 4.25. The third kappa shape index (κ3) is 4.62. The molecule has 0 unspecified atom stereocenters. The lowest BCUT2D eigenvalue weighted by atomic mass is 10.1. The predicted octanol–water partition coefficient (Wildman–Crippen LogP) is 7.21. The summed E-state index contributed by atoms with van der Waals surface area (Å²) in [5, 5.41) is 8.53. The maximum Gasteiger partial charge on any atom is 0.0857 e. The molecule has 0 fully saturated rings. The van der Waals surface area contributed by atoms with Crippen molar-refractivity contribution in [1.82, 2.24) is 0 Å². The van der Waals surface area contributed by atoms with Gasteiger partial charge in [0.25, 0.3) is 0 Å². The van der Waals surface area contributed by atoms with Crippen LogP contribution in [0.25, 0.3) is 11.1 Å². The molecule has 4 nitrogen and oxygen atoms in total. The number of nitrogens with zero attached hydrogens (tertiary/aromatic N) is 2. The van der Waals surface area contributed by atoms with Crippen molar-refractivity contribution in [3.05, 3.63) is 109 Å². The van der Waals surface area contributed by atoms with Crippen LogP contribution in [0.3, 0.4) is 0 Å². The second-order valence-electron chi connectivity index (χ2n) is 6.28. The van der Waals surface area contributed by atoms with E-state index in [4.69, 9.17) is 0 Å². The molecule has 0 bridgehead atoms. The average Bonchev–Trinajstić information content (AvgIpc) is 2.78. The van der Waals surface area contributed by atoms with Crippen LogP contribution in [-0.4, -0.2) is 0 Å². The van der Waals surface area contributed by atoms with Gasteiger partial charge >= 0.3 is 0 Å². The van der Waals surface area contributed by atoms with Gasteiger partial charge in [-0.1, -0.05) is 60.7 Å². The van der Waals surface area contributed by atoms with E-state index in [0.717, 1.165) is 33.9 Å². The van der Waals surface area contributed by atoms with Crippen molar-refractivity contribution in [1.29, 1.82) is 0 Å². The molecule has 136 valence electrons. The molecule has 0 amide bonds. The molecule has 4 rings (SSSR count). The van der Waals surface area contributed by atoms with Crippen LogP contribution in [-0.2, 0) is 0 Å². The van der Waals surface area contributed by atoms with Crippen molar-refractivity contribution >= 4 is 22.7 Å². The molecule has 4 aromatic carbocycles. The first-order chi connectivity index (χ1) is 13.9. The van der Waals surface area contributed by atoms with Gasteiger partial charge in [0, 0.05) is 0 Å². The Labute approximate surface area is 164 Å². The second-order valence-corrected chi connectivity index (χ2v) is 6.28. The van der Waals surface area contributed by atoms with E-state index in [-0.39, 0.29) is 0 Å². The minimum atomic E-state index is 0.831. The summed E-state index contributed by atoms with van der Waals surface area (Å²) < 4.78 is 0. The molecule has 2 N–H and O–H groups in total. The SMILES string of the molecule is c1ccc(N=Nc2ccc(-c3ccc(NNc4ccccc4)cc3)cc2)cc1. The standard InChI is InChI=1S/C24H20N4/c1-3-7-21(8-4-1)25-27-23-15-11-19(12-16-23)20-13-17-24(18-14-20)28-26-22-9-5-2-6-10-22/h1-18,25,27H. The monoisotopic (exact) mass is 364 g/mol. The van der Waals surface area contributed by atoms with Crippen molar-refractivity contribution < 1.29 is 0 Å². The zero-order valence-electron chi connectivity index (χ0n) is 15.3. The molecule has 4 heteroatoms. The van der Waals surface area contributed by atoms with Crippen LogP contribution in [0, 0.1) is 0 Å². The van der Waals surface area contributed by atoms with Crippen LogP contribution in [0.4, 0.5) is 22.7 Å². The van der Waals surface area contributed by atoms with Gasteiger partial charge in [0.15, 0.2) is 0 Å². The van der Waals surface area contributed by atoms with Gasteiger partial charge in [-0.05, 0) is 59.7 Å². The van der Waals surface area contributed by atoms with E-state index in [2.05, 4.69) is 45.3 Å².